The highest BCUT2D eigenvalue weighted by Crippen LogP contribution is 2.15. The Balaban J connectivity index is 2.15. The second-order valence-corrected chi connectivity index (χ2v) is 5.15. The molecule has 0 saturated heterocycles. The van der Waals surface area contributed by atoms with Crippen molar-refractivity contribution in [3.05, 3.63) is 48.3 Å². The molecule has 5 heteroatoms. The number of carbonyl (C=O) groups is 1. The number of benzene rings is 1. The highest BCUT2D eigenvalue weighted by atomic mass is 16.3. The molecule has 0 unspecified atom stereocenters. The molecule has 1 amide bonds. The maximum absolute atomic E-state index is 12.0. The molecule has 2 aromatic rings. The first-order chi connectivity index (χ1) is 9.52. The zero-order chi connectivity index (χ0) is 14.6. The van der Waals surface area contributed by atoms with E-state index in [0.717, 1.165) is 5.56 Å². The Morgan fingerprint density at radius 1 is 1.20 bits per heavy atom. The first-order valence-corrected chi connectivity index (χ1v) is 6.33. The number of rotatable bonds is 4. The Bertz CT molecular complexity index is 580. The molecule has 0 fully saturated rings. The molecule has 1 heterocycles. The fourth-order valence-electron chi connectivity index (χ4n) is 1.64. The van der Waals surface area contributed by atoms with Crippen molar-refractivity contribution in [3.63, 3.8) is 0 Å². The van der Waals surface area contributed by atoms with Crippen LogP contribution in [0.4, 0.5) is 0 Å². The average Bonchev–Trinajstić information content (AvgIpc) is 2.48. The molecular weight excluding hydrogens is 254 g/mol. The van der Waals surface area contributed by atoms with Crippen LogP contribution in [0.3, 0.4) is 0 Å². The molecule has 0 spiro atoms. The number of amides is 1. The van der Waals surface area contributed by atoms with E-state index in [-0.39, 0.29) is 12.5 Å². The average molecular weight is 271 g/mol. The molecule has 5 nitrogen and oxygen atoms in total. The number of hydrogen-bond donors (Lipinski definition) is 2. The van der Waals surface area contributed by atoms with Crippen molar-refractivity contribution in [1.82, 2.24) is 15.3 Å². The molecular formula is C15H17N3O2. The van der Waals surface area contributed by atoms with Crippen LogP contribution in [0.1, 0.15) is 24.2 Å². The summed E-state index contributed by atoms with van der Waals surface area (Å²) in [5.74, 6) is 0.403. The Morgan fingerprint density at radius 2 is 1.80 bits per heavy atom. The molecule has 1 aromatic carbocycles. The van der Waals surface area contributed by atoms with Crippen molar-refractivity contribution in [1.29, 1.82) is 0 Å². The first-order valence-electron chi connectivity index (χ1n) is 6.33. The molecule has 0 aliphatic rings. The Kier molecular flexibility index (Phi) is 4.10. The lowest BCUT2D eigenvalue weighted by Crippen LogP contribution is -2.46. The molecule has 0 aliphatic carbocycles. The van der Waals surface area contributed by atoms with Crippen LogP contribution >= 0.6 is 0 Å². The van der Waals surface area contributed by atoms with Crippen LogP contribution in [0.2, 0.25) is 0 Å². The fraction of sp³-hybridized carbons (Fsp3) is 0.267. The van der Waals surface area contributed by atoms with E-state index >= 15 is 0 Å². The molecule has 2 N–H and O–H groups in total. The predicted octanol–water partition coefficient (Wildman–Crippen LogP) is 1.64. The van der Waals surface area contributed by atoms with Crippen LogP contribution in [0.5, 0.6) is 0 Å². The maximum atomic E-state index is 12.0. The largest absolute Gasteiger partial charge is 0.394 e. The number of hydrogen-bond acceptors (Lipinski definition) is 4. The van der Waals surface area contributed by atoms with Gasteiger partial charge in [-0.2, -0.15) is 0 Å². The van der Waals surface area contributed by atoms with Crippen LogP contribution in [-0.4, -0.2) is 33.1 Å². The van der Waals surface area contributed by atoms with Gasteiger partial charge in [-0.3, -0.25) is 4.79 Å². The number of nitrogens with one attached hydrogen (secondary N) is 1. The van der Waals surface area contributed by atoms with E-state index in [4.69, 9.17) is 5.11 Å². The third-order valence-electron chi connectivity index (χ3n) is 2.82. The summed E-state index contributed by atoms with van der Waals surface area (Å²) >= 11 is 0. The van der Waals surface area contributed by atoms with Crippen molar-refractivity contribution in [2.75, 3.05) is 6.61 Å². The van der Waals surface area contributed by atoms with Crippen molar-refractivity contribution < 1.29 is 9.90 Å². The van der Waals surface area contributed by atoms with Gasteiger partial charge in [0.2, 0.25) is 0 Å². The summed E-state index contributed by atoms with van der Waals surface area (Å²) in [5.41, 5.74) is 0.743. The summed E-state index contributed by atoms with van der Waals surface area (Å²) in [6.07, 6.45) is 3.35. The van der Waals surface area contributed by atoms with Gasteiger partial charge in [0.05, 0.1) is 12.1 Å². The van der Waals surface area contributed by atoms with Gasteiger partial charge in [-0.05, 0) is 32.0 Å². The van der Waals surface area contributed by atoms with Crippen LogP contribution in [0.15, 0.2) is 42.7 Å². The second kappa shape index (κ2) is 5.79. The molecule has 0 aliphatic heterocycles. The van der Waals surface area contributed by atoms with Gasteiger partial charge in [0.15, 0.2) is 5.82 Å². The number of aromatic nitrogens is 2. The molecule has 104 valence electrons. The lowest BCUT2D eigenvalue weighted by molar-refractivity contribution is 0.0869. The predicted molar refractivity (Wildman–Crippen MR) is 76.1 cm³/mol. The van der Waals surface area contributed by atoms with Gasteiger partial charge in [-0.25, -0.2) is 9.97 Å². The van der Waals surface area contributed by atoms with Crippen molar-refractivity contribution in [2.45, 2.75) is 19.4 Å². The number of aliphatic hydroxyl groups excluding tert-OH is 1. The molecule has 0 bridgehead atoms. The number of nitrogens with zero attached hydrogens (tertiary/aromatic N) is 2. The van der Waals surface area contributed by atoms with Gasteiger partial charge in [0, 0.05) is 23.5 Å². The number of aliphatic hydroxyl groups is 1. The van der Waals surface area contributed by atoms with Crippen LogP contribution in [0, 0.1) is 0 Å². The summed E-state index contributed by atoms with van der Waals surface area (Å²) in [6, 6.07) is 8.79. The van der Waals surface area contributed by atoms with Gasteiger partial charge < -0.3 is 10.4 Å². The van der Waals surface area contributed by atoms with Gasteiger partial charge in [0.25, 0.3) is 5.91 Å². The van der Waals surface area contributed by atoms with E-state index in [2.05, 4.69) is 15.3 Å². The monoisotopic (exact) mass is 271 g/mol. The summed E-state index contributed by atoms with van der Waals surface area (Å²) in [7, 11) is 0. The topological polar surface area (TPSA) is 75.1 Å². The highest BCUT2D eigenvalue weighted by molar-refractivity contribution is 5.95. The van der Waals surface area contributed by atoms with E-state index in [9.17, 15) is 4.79 Å². The van der Waals surface area contributed by atoms with Gasteiger partial charge in [0.1, 0.15) is 0 Å². The van der Waals surface area contributed by atoms with E-state index in [0.29, 0.717) is 11.4 Å². The first kappa shape index (κ1) is 14.1. The molecule has 2 rings (SSSR count). The minimum absolute atomic E-state index is 0.116. The molecule has 1 aromatic heterocycles. The fourth-order valence-corrected chi connectivity index (χ4v) is 1.64. The smallest absolute Gasteiger partial charge is 0.251 e. The Hall–Kier alpha value is -2.27. The van der Waals surface area contributed by atoms with Crippen LogP contribution in [-0.2, 0) is 0 Å². The van der Waals surface area contributed by atoms with E-state index in [1.165, 1.54) is 0 Å². The minimum atomic E-state index is -0.641. The van der Waals surface area contributed by atoms with Crippen molar-refractivity contribution in [2.24, 2.45) is 0 Å². The van der Waals surface area contributed by atoms with Gasteiger partial charge in [-0.1, -0.05) is 12.1 Å². The zero-order valence-corrected chi connectivity index (χ0v) is 11.5. The van der Waals surface area contributed by atoms with Gasteiger partial charge in [-0.15, -0.1) is 0 Å². The van der Waals surface area contributed by atoms with E-state index in [1.54, 1.807) is 56.6 Å². The minimum Gasteiger partial charge on any atom is -0.394 e. The number of carbonyl (C=O) groups excluding carboxylic acids is 1. The molecule has 0 saturated carbocycles. The van der Waals surface area contributed by atoms with Crippen molar-refractivity contribution >= 4 is 5.91 Å². The third kappa shape index (κ3) is 3.39. The van der Waals surface area contributed by atoms with E-state index < -0.39 is 5.54 Å². The molecule has 0 atom stereocenters. The molecule has 20 heavy (non-hydrogen) atoms. The second-order valence-electron chi connectivity index (χ2n) is 5.15. The Labute approximate surface area is 117 Å². The SMILES string of the molecule is CC(C)(CO)NC(=O)c1ccc(-c2ncccn2)cc1. The lowest BCUT2D eigenvalue weighted by atomic mass is 10.1. The summed E-state index contributed by atoms with van der Waals surface area (Å²) in [4.78, 5) is 20.3. The summed E-state index contributed by atoms with van der Waals surface area (Å²) < 4.78 is 0. The zero-order valence-electron chi connectivity index (χ0n) is 11.5. The summed E-state index contributed by atoms with van der Waals surface area (Å²) in [6.45, 7) is 3.41. The standard InChI is InChI=1S/C15H17N3O2/c1-15(2,10-19)18-14(20)12-6-4-11(5-7-12)13-16-8-3-9-17-13/h3-9,19H,10H2,1-2H3,(H,18,20). The van der Waals surface area contributed by atoms with Crippen LogP contribution in [0.25, 0.3) is 11.4 Å². The normalized spacial score (nSPS) is 11.2. The highest BCUT2D eigenvalue weighted by Gasteiger charge is 2.19. The van der Waals surface area contributed by atoms with Crippen molar-refractivity contribution in [3.8, 4) is 11.4 Å². The van der Waals surface area contributed by atoms with E-state index in [1.807, 2.05) is 0 Å². The summed E-state index contributed by atoms with van der Waals surface area (Å²) in [5, 5.41) is 11.9. The lowest BCUT2D eigenvalue weighted by Gasteiger charge is -2.23. The van der Waals surface area contributed by atoms with Gasteiger partial charge >= 0.3 is 0 Å². The maximum Gasteiger partial charge on any atom is 0.251 e. The molecule has 0 radical (unpaired) electrons. The quantitative estimate of drug-likeness (QED) is 0.886. The third-order valence-corrected chi connectivity index (χ3v) is 2.82. The van der Waals surface area contributed by atoms with Crippen LogP contribution < -0.4 is 5.32 Å². The Morgan fingerprint density at radius 3 is 2.35 bits per heavy atom.